The number of amides is 1. The van der Waals surface area contributed by atoms with Gasteiger partial charge in [0.15, 0.2) is 5.82 Å². The minimum Gasteiger partial charge on any atom is -0.485 e. The monoisotopic (exact) mass is 425 g/mol. The van der Waals surface area contributed by atoms with E-state index in [9.17, 15) is 4.79 Å². The normalized spacial score (nSPS) is 10.8. The van der Waals surface area contributed by atoms with Crippen LogP contribution in [0.25, 0.3) is 0 Å². The van der Waals surface area contributed by atoms with Crippen LogP contribution in [0.1, 0.15) is 33.6 Å². The van der Waals surface area contributed by atoms with Crippen molar-refractivity contribution >= 4 is 23.4 Å². The van der Waals surface area contributed by atoms with Crippen LogP contribution in [0.5, 0.6) is 5.75 Å². The molecule has 1 aromatic heterocycles. The quantitative estimate of drug-likeness (QED) is 0.441. The number of thioether (sulfide) groups is 1. The molecule has 8 heteroatoms. The van der Waals surface area contributed by atoms with Crippen molar-refractivity contribution in [2.75, 3.05) is 16.9 Å². The maximum Gasteiger partial charge on any atom is 0.234 e. The van der Waals surface area contributed by atoms with Gasteiger partial charge in [0.25, 0.3) is 0 Å². The number of carbonyl (C=O) groups excluding carboxylic acids is 1. The van der Waals surface area contributed by atoms with Gasteiger partial charge >= 0.3 is 0 Å². The number of anilines is 1. The van der Waals surface area contributed by atoms with Crippen LogP contribution in [-0.4, -0.2) is 26.5 Å². The Hall–Kier alpha value is -3.00. The number of nitrogens with two attached hydrogens (primary N) is 1. The second-order valence-corrected chi connectivity index (χ2v) is 8.33. The van der Waals surface area contributed by atoms with E-state index in [1.54, 1.807) is 0 Å². The topological polar surface area (TPSA) is 95.1 Å². The molecule has 0 aliphatic rings. The maximum atomic E-state index is 12.4. The second-order valence-electron chi connectivity index (χ2n) is 7.39. The van der Waals surface area contributed by atoms with Crippen molar-refractivity contribution in [1.82, 2.24) is 14.9 Å². The molecule has 0 atom stereocenters. The van der Waals surface area contributed by atoms with Crippen molar-refractivity contribution in [3.63, 3.8) is 0 Å². The van der Waals surface area contributed by atoms with E-state index in [-0.39, 0.29) is 18.3 Å². The van der Waals surface area contributed by atoms with Gasteiger partial charge in [-0.05, 0) is 56.9 Å². The fourth-order valence-corrected chi connectivity index (χ4v) is 4.03. The molecule has 3 rings (SSSR count). The van der Waals surface area contributed by atoms with E-state index in [0.717, 1.165) is 33.7 Å². The number of aryl methyl sites for hydroxylation is 5. The van der Waals surface area contributed by atoms with Gasteiger partial charge in [0.2, 0.25) is 11.1 Å². The predicted molar refractivity (Wildman–Crippen MR) is 120 cm³/mol. The molecule has 1 heterocycles. The van der Waals surface area contributed by atoms with Gasteiger partial charge < -0.3 is 15.9 Å². The third-order valence-corrected chi connectivity index (χ3v) is 5.71. The highest BCUT2D eigenvalue weighted by Gasteiger charge is 2.15. The highest BCUT2D eigenvalue weighted by atomic mass is 32.2. The molecule has 0 spiro atoms. The Labute approximate surface area is 181 Å². The Bertz CT molecular complexity index is 1030. The first-order chi connectivity index (χ1) is 14.3. The summed E-state index contributed by atoms with van der Waals surface area (Å²) in [5, 5.41) is 11.6. The number of rotatable bonds is 7. The summed E-state index contributed by atoms with van der Waals surface area (Å²) in [6.45, 7) is 10.2. The number of nitrogens with one attached hydrogen (secondary N) is 1. The number of benzene rings is 2. The van der Waals surface area contributed by atoms with E-state index >= 15 is 0 Å². The van der Waals surface area contributed by atoms with Gasteiger partial charge in [0.05, 0.1) is 5.75 Å². The molecule has 7 nitrogen and oxygen atoms in total. The van der Waals surface area contributed by atoms with Crippen LogP contribution in [0.3, 0.4) is 0 Å². The molecule has 0 saturated carbocycles. The molecule has 0 aliphatic heterocycles. The van der Waals surface area contributed by atoms with Gasteiger partial charge in [-0.25, -0.2) is 4.68 Å². The van der Waals surface area contributed by atoms with E-state index in [1.165, 1.54) is 22.0 Å². The fraction of sp³-hybridized carbons (Fsp3) is 0.318. The summed E-state index contributed by atoms with van der Waals surface area (Å²) in [6.07, 6.45) is 0. The first-order valence-corrected chi connectivity index (χ1v) is 10.6. The lowest BCUT2D eigenvalue weighted by atomic mass is 10.1. The van der Waals surface area contributed by atoms with E-state index < -0.39 is 0 Å². The SMILES string of the molecule is Cc1cc(C)c(NC(=O)CSc2nnc(COc3c(C)cccc3C)n2N)c(C)c1. The van der Waals surface area contributed by atoms with Crippen molar-refractivity contribution in [2.45, 2.75) is 46.4 Å². The maximum absolute atomic E-state index is 12.4. The zero-order valence-electron chi connectivity index (χ0n) is 17.9. The van der Waals surface area contributed by atoms with E-state index in [1.807, 2.05) is 52.8 Å². The summed E-state index contributed by atoms with van der Waals surface area (Å²) in [7, 11) is 0. The molecule has 3 N–H and O–H groups in total. The second kappa shape index (κ2) is 9.21. The molecular formula is C22H27N5O2S. The van der Waals surface area contributed by atoms with E-state index in [0.29, 0.717) is 11.0 Å². The molecule has 0 bridgehead atoms. The molecule has 0 radical (unpaired) electrons. The van der Waals surface area contributed by atoms with Crippen LogP contribution >= 0.6 is 11.8 Å². The molecule has 0 aliphatic carbocycles. The summed E-state index contributed by atoms with van der Waals surface area (Å²) in [4.78, 5) is 12.4. The molecule has 30 heavy (non-hydrogen) atoms. The Morgan fingerprint density at radius 1 is 1.07 bits per heavy atom. The number of nitrogens with zero attached hydrogens (tertiary/aromatic N) is 3. The average molecular weight is 426 g/mol. The Morgan fingerprint density at radius 2 is 1.70 bits per heavy atom. The van der Waals surface area contributed by atoms with Gasteiger partial charge in [-0.2, -0.15) is 0 Å². The average Bonchev–Trinajstić information content (AvgIpc) is 3.02. The van der Waals surface area contributed by atoms with Crippen LogP contribution in [0.4, 0.5) is 5.69 Å². The van der Waals surface area contributed by atoms with Crippen molar-refractivity contribution in [3.8, 4) is 5.75 Å². The smallest absolute Gasteiger partial charge is 0.234 e. The Balaban J connectivity index is 1.59. The van der Waals surface area contributed by atoms with Gasteiger partial charge in [0, 0.05) is 5.69 Å². The van der Waals surface area contributed by atoms with E-state index in [4.69, 9.17) is 10.6 Å². The van der Waals surface area contributed by atoms with Gasteiger partial charge in [-0.1, -0.05) is 47.7 Å². The number of aromatic nitrogens is 3. The number of para-hydroxylation sites is 1. The number of nitrogen functional groups attached to an aromatic ring is 1. The van der Waals surface area contributed by atoms with Gasteiger partial charge in [-0.15, -0.1) is 10.2 Å². The molecule has 0 unspecified atom stereocenters. The molecule has 2 aromatic carbocycles. The molecule has 0 saturated heterocycles. The molecular weight excluding hydrogens is 398 g/mol. The molecule has 158 valence electrons. The third kappa shape index (κ3) is 4.94. The lowest BCUT2D eigenvalue weighted by molar-refractivity contribution is -0.113. The van der Waals surface area contributed by atoms with Crippen LogP contribution in [-0.2, 0) is 11.4 Å². The van der Waals surface area contributed by atoms with E-state index in [2.05, 4.69) is 27.6 Å². The summed E-state index contributed by atoms with van der Waals surface area (Å²) in [6, 6.07) is 10.1. The zero-order chi connectivity index (χ0) is 21.8. The highest BCUT2D eigenvalue weighted by Crippen LogP contribution is 2.25. The van der Waals surface area contributed by atoms with Crippen molar-refractivity contribution in [2.24, 2.45) is 0 Å². The lowest BCUT2D eigenvalue weighted by Crippen LogP contribution is -2.19. The summed E-state index contributed by atoms with van der Waals surface area (Å²) in [5.41, 5.74) is 6.20. The molecule has 3 aromatic rings. The van der Waals surface area contributed by atoms with Crippen LogP contribution in [0.15, 0.2) is 35.5 Å². The first-order valence-electron chi connectivity index (χ1n) is 9.65. The van der Waals surface area contributed by atoms with Crippen molar-refractivity contribution in [3.05, 3.63) is 64.0 Å². The number of ether oxygens (including phenoxy) is 1. The number of hydrogen-bond acceptors (Lipinski definition) is 6. The number of hydrogen-bond donors (Lipinski definition) is 2. The summed E-state index contributed by atoms with van der Waals surface area (Å²) in [5.74, 6) is 7.48. The Morgan fingerprint density at radius 3 is 2.33 bits per heavy atom. The Kier molecular flexibility index (Phi) is 6.66. The van der Waals surface area contributed by atoms with Crippen molar-refractivity contribution in [1.29, 1.82) is 0 Å². The summed E-state index contributed by atoms with van der Waals surface area (Å²) >= 11 is 1.23. The van der Waals surface area contributed by atoms with Gasteiger partial charge in [0.1, 0.15) is 12.4 Å². The zero-order valence-corrected chi connectivity index (χ0v) is 18.8. The summed E-state index contributed by atoms with van der Waals surface area (Å²) < 4.78 is 7.27. The highest BCUT2D eigenvalue weighted by molar-refractivity contribution is 7.99. The standard InChI is InChI=1S/C22H27N5O2S/c1-13-9-16(4)20(17(5)10-13)24-19(28)12-30-22-26-25-18(27(22)23)11-29-21-14(2)7-6-8-15(21)3/h6-10H,11-12,23H2,1-5H3,(H,24,28). The lowest BCUT2D eigenvalue weighted by Gasteiger charge is -2.13. The molecule has 0 fully saturated rings. The largest absolute Gasteiger partial charge is 0.485 e. The van der Waals surface area contributed by atoms with Crippen LogP contribution in [0.2, 0.25) is 0 Å². The fourth-order valence-electron chi connectivity index (χ4n) is 3.35. The first kappa shape index (κ1) is 21.7. The van der Waals surface area contributed by atoms with Crippen LogP contribution < -0.4 is 15.9 Å². The minimum atomic E-state index is -0.119. The molecule has 1 amide bonds. The van der Waals surface area contributed by atoms with Crippen LogP contribution in [0, 0.1) is 34.6 Å². The minimum absolute atomic E-state index is 0.119. The number of carbonyl (C=O) groups is 1. The van der Waals surface area contributed by atoms with Gasteiger partial charge in [-0.3, -0.25) is 4.79 Å². The third-order valence-electron chi connectivity index (χ3n) is 4.76. The van der Waals surface area contributed by atoms with Crippen molar-refractivity contribution < 1.29 is 9.53 Å². The predicted octanol–water partition coefficient (Wildman–Crippen LogP) is 3.84.